The summed E-state index contributed by atoms with van der Waals surface area (Å²) in [6, 6.07) is 15.9. The van der Waals surface area contributed by atoms with Gasteiger partial charge in [0.25, 0.3) is 0 Å². The molecule has 1 unspecified atom stereocenters. The minimum Gasteiger partial charge on any atom is -0.338 e. The number of nitrogens with one attached hydrogen (secondary N) is 1. The quantitative estimate of drug-likeness (QED) is 0.735. The van der Waals surface area contributed by atoms with Crippen molar-refractivity contribution in [3.8, 4) is 11.1 Å². The Hall–Kier alpha value is -2.13. The SMILES string of the molecule is CNCC1CCCN1C(=O)CCCc1ccc2c(c1)-c1ccccc1C2. The zero-order chi connectivity index (χ0) is 17.9. The van der Waals surface area contributed by atoms with Crippen molar-refractivity contribution in [2.24, 2.45) is 0 Å². The monoisotopic (exact) mass is 348 g/mol. The third-order valence-corrected chi connectivity index (χ3v) is 5.86. The highest BCUT2D eigenvalue weighted by Crippen LogP contribution is 2.37. The Morgan fingerprint density at radius 2 is 2.00 bits per heavy atom. The predicted molar refractivity (Wildman–Crippen MR) is 106 cm³/mol. The van der Waals surface area contributed by atoms with Gasteiger partial charge in [-0.05, 0) is 67.0 Å². The summed E-state index contributed by atoms with van der Waals surface area (Å²) >= 11 is 0. The summed E-state index contributed by atoms with van der Waals surface area (Å²) in [7, 11) is 1.97. The molecule has 2 aromatic rings. The van der Waals surface area contributed by atoms with Crippen molar-refractivity contribution in [1.82, 2.24) is 10.2 Å². The fourth-order valence-electron chi connectivity index (χ4n) is 4.53. The van der Waals surface area contributed by atoms with Gasteiger partial charge in [0, 0.05) is 25.6 Å². The number of fused-ring (bicyclic) bond motifs is 3. The zero-order valence-electron chi connectivity index (χ0n) is 15.6. The molecule has 2 aliphatic rings. The lowest BCUT2D eigenvalue weighted by atomic mass is 10.00. The molecule has 1 aliphatic heterocycles. The Morgan fingerprint density at radius 3 is 2.88 bits per heavy atom. The third kappa shape index (κ3) is 3.41. The Bertz CT molecular complexity index is 799. The van der Waals surface area contributed by atoms with Crippen LogP contribution in [-0.2, 0) is 17.6 Å². The number of hydrogen-bond donors (Lipinski definition) is 1. The second kappa shape index (κ2) is 7.63. The zero-order valence-corrected chi connectivity index (χ0v) is 15.6. The largest absolute Gasteiger partial charge is 0.338 e. The third-order valence-electron chi connectivity index (χ3n) is 5.86. The van der Waals surface area contributed by atoms with E-state index in [9.17, 15) is 4.79 Å². The van der Waals surface area contributed by atoms with Gasteiger partial charge in [0.2, 0.25) is 5.91 Å². The van der Waals surface area contributed by atoms with Crippen molar-refractivity contribution < 1.29 is 4.79 Å². The van der Waals surface area contributed by atoms with Crippen molar-refractivity contribution in [1.29, 1.82) is 0 Å². The predicted octanol–water partition coefficient (Wildman–Crippen LogP) is 3.79. The van der Waals surface area contributed by atoms with Gasteiger partial charge in [-0.25, -0.2) is 0 Å². The molecule has 136 valence electrons. The van der Waals surface area contributed by atoms with Crippen molar-refractivity contribution in [3.63, 3.8) is 0 Å². The van der Waals surface area contributed by atoms with Crippen LogP contribution in [0.15, 0.2) is 42.5 Å². The molecule has 0 spiro atoms. The Balaban J connectivity index is 1.36. The van der Waals surface area contributed by atoms with Crippen LogP contribution in [0, 0.1) is 0 Å². The lowest BCUT2D eigenvalue weighted by molar-refractivity contribution is -0.132. The molecule has 1 N–H and O–H groups in total. The maximum atomic E-state index is 12.6. The first-order chi connectivity index (χ1) is 12.8. The highest BCUT2D eigenvalue weighted by Gasteiger charge is 2.27. The van der Waals surface area contributed by atoms with Gasteiger partial charge < -0.3 is 10.2 Å². The summed E-state index contributed by atoms with van der Waals surface area (Å²) in [4.78, 5) is 14.7. The molecule has 1 heterocycles. The van der Waals surface area contributed by atoms with Crippen LogP contribution < -0.4 is 5.32 Å². The number of benzene rings is 2. The lowest BCUT2D eigenvalue weighted by Gasteiger charge is -2.24. The van der Waals surface area contributed by atoms with E-state index < -0.39 is 0 Å². The van der Waals surface area contributed by atoms with Crippen LogP contribution in [0.3, 0.4) is 0 Å². The molecule has 1 fully saturated rings. The highest BCUT2D eigenvalue weighted by atomic mass is 16.2. The molecule has 1 aliphatic carbocycles. The maximum absolute atomic E-state index is 12.6. The number of hydrogen-bond acceptors (Lipinski definition) is 2. The number of carbonyl (C=O) groups excluding carboxylic acids is 1. The molecular weight excluding hydrogens is 320 g/mol. The minimum absolute atomic E-state index is 0.328. The average Bonchev–Trinajstić information content (AvgIpc) is 3.26. The van der Waals surface area contributed by atoms with Gasteiger partial charge in [0.1, 0.15) is 0 Å². The van der Waals surface area contributed by atoms with Crippen LogP contribution in [0.25, 0.3) is 11.1 Å². The van der Waals surface area contributed by atoms with Crippen LogP contribution >= 0.6 is 0 Å². The van der Waals surface area contributed by atoms with Crippen molar-refractivity contribution in [2.75, 3.05) is 20.1 Å². The lowest BCUT2D eigenvalue weighted by Crippen LogP contribution is -2.40. The van der Waals surface area contributed by atoms with Crippen molar-refractivity contribution in [2.45, 2.75) is 44.6 Å². The molecular formula is C23H28N2O. The summed E-state index contributed by atoms with van der Waals surface area (Å²) in [5.41, 5.74) is 6.98. The fourth-order valence-corrected chi connectivity index (χ4v) is 4.53. The first kappa shape index (κ1) is 17.3. The number of carbonyl (C=O) groups is 1. The molecule has 4 rings (SSSR count). The fraction of sp³-hybridized carbons (Fsp3) is 0.435. The molecule has 0 bridgehead atoms. The first-order valence-corrected chi connectivity index (χ1v) is 9.90. The molecule has 1 atom stereocenters. The van der Waals surface area contributed by atoms with E-state index in [0.717, 1.165) is 45.2 Å². The Labute approximate surface area is 156 Å². The molecule has 1 saturated heterocycles. The average molecular weight is 348 g/mol. The van der Waals surface area contributed by atoms with E-state index >= 15 is 0 Å². The molecule has 0 radical (unpaired) electrons. The van der Waals surface area contributed by atoms with Gasteiger partial charge in [-0.15, -0.1) is 0 Å². The van der Waals surface area contributed by atoms with Gasteiger partial charge >= 0.3 is 0 Å². The van der Waals surface area contributed by atoms with Crippen LogP contribution in [0.1, 0.15) is 42.4 Å². The number of aryl methyl sites for hydroxylation is 1. The molecule has 3 nitrogen and oxygen atoms in total. The second-order valence-electron chi connectivity index (χ2n) is 7.62. The second-order valence-corrected chi connectivity index (χ2v) is 7.62. The molecule has 3 heteroatoms. The number of nitrogens with zero attached hydrogens (tertiary/aromatic N) is 1. The highest BCUT2D eigenvalue weighted by molar-refractivity contribution is 5.78. The van der Waals surface area contributed by atoms with E-state index in [1.807, 2.05) is 7.05 Å². The molecule has 26 heavy (non-hydrogen) atoms. The summed E-state index contributed by atoms with van der Waals surface area (Å²) in [5, 5.41) is 3.21. The van der Waals surface area contributed by atoms with E-state index in [-0.39, 0.29) is 0 Å². The van der Waals surface area contributed by atoms with Crippen molar-refractivity contribution in [3.05, 3.63) is 59.2 Å². The Kier molecular flexibility index (Phi) is 5.07. The summed E-state index contributed by atoms with van der Waals surface area (Å²) < 4.78 is 0. The van der Waals surface area contributed by atoms with Crippen LogP contribution in [0.2, 0.25) is 0 Å². The van der Waals surface area contributed by atoms with Crippen LogP contribution in [0.5, 0.6) is 0 Å². The van der Waals surface area contributed by atoms with Gasteiger partial charge in [0.15, 0.2) is 0 Å². The molecule has 2 aromatic carbocycles. The standard InChI is InChI=1S/C23H28N2O/c1-24-16-20-8-5-13-25(20)23(26)10-4-6-17-11-12-19-15-18-7-2-3-9-21(18)22(19)14-17/h2-3,7,9,11-12,14,20,24H,4-6,8,10,13,15-16H2,1H3. The van der Waals surface area contributed by atoms with E-state index in [1.165, 1.54) is 27.8 Å². The molecule has 0 saturated carbocycles. The maximum Gasteiger partial charge on any atom is 0.222 e. The normalized spacial score (nSPS) is 18.0. The van der Waals surface area contributed by atoms with E-state index in [4.69, 9.17) is 0 Å². The smallest absolute Gasteiger partial charge is 0.222 e. The van der Waals surface area contributed by atoms with Gasteiger partial charge in [-0.1, -0.05) is 42.5 Å². The van der Waals surface area contributed by atoms with E-state index in [0.29, 0.717) is 18.4 Å². The summed E-state index contributed by atoms with van der Waals surface area (Å²) in [5.74, 6) is 0.328. The topological polar surface area (TPSA) is 32.3 Å². The number of rotatable bonds is 6. The van der Waals surface area contributed by atoms with E-state index in [1.54, 1.807) is 0 Å². The van der Waals surface area contributed by atoms with Crippen LogP contribution in [0.4, 0.5) is 0 Å². The molecule has 0 aromatic heterocycles. The van der Waals surface area contributed by atoms with E-state index in [2.05, 4.69) is 52.7 Å². The van der Waals surface area contributed by atoms with Gasteiger partial charge in [-0.3, -0.25) is 4.79 Å². The van der Waals surface area contributed by atoms with Gasteiger partial charge in [-0.2, -0.15) is 0 Å². The first-order valence-electron chi connectivity index (χ1n) is 9.90. The number of likely N-dealkylation sites (N-methyl/N-ethyl adjacent to an activating group) is 1. The number of amides is 1. The minimum atomic E-state index is 0.328. The molecule has 1 amide bonds. The van der Waals surface area contributed by atoms with Crippen LogP contribution in [-0.4, -0.2) is 37.0 Å². The Morgan fingerprint density at radius 1 is 1.15 bits per heavy atom. The van der Waals surface area contributed by atoms with Crippen molar-refractivity contribution >= 4 is 5.91 Å². The summed E-state index contributed by atoms with van der Waals surface area (Å²) in [6.07, 6.45) is 5.90. The van der Waals surface area contributed by atoms with Gasteiger partial charge in [0.05, 0.1) is 0 Å². The summed E-state index contributed by atoms with van der Waals surface area (Å²) in [6.45, 7) is 1.84. The number of likely N-dealkylation sites (tertiary alicyclic amines) is 1.